The number of anilines is 2. The first-order valence-electron chi connectivity index (χ1n) is 16.8. The van der Waals surface area contributed by atoms with Gasteiger partial charge in [-0.25, -0.2) is 14.0 Å². The Morgan fingerprint density at radius 1 is 0.896 bits per heavy atom. The Labute approximate surface area is 280 Å². The van der Waals surface area contributed by atoms with Crippen LogP contribution >= 0.6 is 0 Å². The molecule has 3 atom stereocenters. The van der Waals surface area contributed by atoms with Gasteiger partial charge in [0.1, 0.15) is 24.8 Å². The molecule has 0 spiro atoms. The van der Waals surface area contributed by atoms with E-state index in [9.17, 15) is 4.79 Å². The number of aryl methyl sites for hydroxylation is 1. The smallest absolute Gasteiger partial charge is 0.350 e. The maximum atomic E-state index is 12.8. The van der Waals surface area contributed by atoms with Crippen LogP contribution in [0.4, 0.5) is 11.4 Å². The fourth-order valence-corrected chi connectivity index (χ4v) is 6.52. The predicted molar refractivity (Wildman–Crippen MR) is 185 cm³/mol. The largest absolute Gasteiger partial charge is 0.491 e. The Kier molecular flexibility index (Phi) is 9.05. The van der Waals surface area contributed by atoms with Gasteiger partial charge in [-0.05, 0) is 80.4 Å². The second kappa shape index (κ2) is 13.7. The molecule has 0 radical (unpaired) electrons. The fraction of sp³-hybridized carbons (Fsp3) is 0.378. The summed E-state index contributed by atoms with van der Waals surface area (Å²) in [6, 6.07) is 26.6. The second-order valence-corrected chi connectivity index (χ2v) is 12.6. The molecular weight excluding hydrogens is 606 g/mol. The monoisotopic (exact) mass is 649 g/mol. The van der Waals surface area contributed by atoms with Gasteiger partial charge in [-0.15, -0.1) is 0 Å². The number of ether oxygens (including phenoxy) is 3. The molecule has 0 amide bonds. The summed E-state index contributed by atoms with van der Waals surface area (Å²) < 4.78 is 24.1. The molecule has 1 unspecified atom stereocenters. The van der Waals surface area contributed by atoms with Crippen molar-refractivity contribution in [2.24, 2.45) is 0 Å². The quantitative estimate of drug-likeness (QED) is 0.193. The van der Waals surface area contributed by atoms with Crippen LogP contribution in [-0.4, -0.2) is 69.6 Å². The van der Waals surface area contributed by atoms with E-state index in [1.165, 1.54) is 5.69 Å². The Balaban J connectivity index is 0.921. The summed E-state index contributed by atoms with van der Waals surface area (Å²) in [6.45, 7) is 11.0. The Morgan fingerprint density at radius 3 is 2.21 bits per heavy atom. The van der Waals surface area contributed by atoms with Crippen LogP contribution in [0.3, 0.4) is 0 Å². The van der Waals surface area contributed by atoms with Crippen molar-refractivity contribution in [3.63, 3.8) is 0 Å². The van der Waals surface area contributed by atoms with Crippen molar-refractivity contribution in [1.29, 1.82) is 0 Å². The van der Waals surface area contributed by atoms with Crippen molar-refractivity contribution >= 4 is 11.4 Å². The van der Waals surface area contributed by atoms with Crippen LogP contribution in [0, 0.1) is 6.92 Å². The molecule has 0 aliphatic carbocycles. The molecule has 11 heteroatoms. The topological polar surface area (TPSA) is 91.8 Å². The summed E-state index contributed by atoms with van der Waals surface area (Å²) in [6.07, 6.45) is 5.93. The van der Waals surface area contributed by atoms with E-state index in [1.807, 2.05) is 60.3 Å². The first-order chi connectivity index (χ1) is 23.4. The van der Waals surface area contributed by atoms with E-state index in [2.05, 4.69) is 70.2 Å². The average molecular weight is 650 g/mol. The van der Waals surface area contributed by atoms with Gasteiger partial charge in [-0.1, -0.05) is 31.2 Å². The van der Waals surface area contributed by atoms with Crippen LogP contribution in [0.25, 0.3) is 5.69 Å². The minimum atomic E-state index is -0.920. The molecule has 2 saturated heterocycles. The van der Waals surface area contributed by atoms with E-state index in [0.29, 0.717) is 19.8 Å². The maximum Gasteiger partial charge on any atom is 0.350 e. The molecule has 11 nitrogen and oxygen atoms in total. The third-order valence-electron chi connectivity index (χ3n) is 9.46. The summed E-state index contributed by atoms with van der Waals surface area (Å²) >= 11 is 0. The Hall–Kier alpha value is -4.87. The lowest BCUT2D eigenvalue weighted by atomic mass is 10.00. The zero-order valence-electron chi connectivity index (χ0n) is 27.8. The second-order valence-electron chi connectivity index (χ2n) is 12.6. The van der Waals surface area contributed by atoms with Crippen molar-refractivity contribution in [2.75, 3.05) is 49.2 Å². The molecule has 250 valence electrons. The lowest BCUT2D eigenvalue weighted by Crippen LogP contribution is -2.46. The molecule has 48 heavy (non-hydrogen) atoms. The number of aromatic nitrogens is 5. The molecule has 0 bridgehead atoms. The first kappa shape index (κ1) is 31.7. The van der Waals surface area contributed by atoms with Crippen molar-refractivity contribution in [2.45, 2.75) is 51.7 Å². The number of benzene rings is 3. The van der Waals surface area contributed by atoms with E-state index in [-0.39, 0.29) is 17.8 Å². The van der Waals surface area contributed by atoms with Gasteiger partial charge >= 0.3 is 5.69 Å². The number of piperazine rings is 1. The third kappa shape index (κ3) is 6.48. The summed E-state index contributed by atoms with van der Waals surface area (Å²) in [5, 5.41) is 8.70. The molecule has 4 heterocycles. The van der Waals surface area contributed by atoms with Crippen LogP contribution in [0.15, 0.2) is 102 Å². The molecule has 7 rings (SSSR count). The van der Waals surface area contributed by atoms with Gasteiger partial charge in [0.15, 0.2) is 0 Å². The van der Waals surface area contributed by atoms with Crippen LogP contribution in [-0.2, 0) is 21.8 Å². The van der Waals surface area contributed by atoms with E-state index in [0.717, 1.165) is 60.9 Å². The molecule has 2 aromatic heterocycles. The lowest BCUT2D eigenvalue weighted by Gasteiger charge is -2.37. The zero-order chi connectivity index (χ0) is 33.1. The standard InChI is InChI=1S/C37H43N7O4/c1-4-29(3)44-36(45)43(27-39-44)32-12-10-30(11-13-32)40-20-22-41(23-21-40)31-14-16-33(17-15-31)46-24-34-25-47-37(48-34,26-42-19-7-18-38-42)35-9-6-5-8-28(35)2/h5-19,27,29,34H,4,20-26H2,1-3H3/t29?,34-,37-/m1/s1. The highest BCUT2D eigenvalue weighted by atomic mass is 16.8. The molecule has 3 aromatic carbocycles. The Morgan fingerprint density at radius 2 is 1.56 bits per heavy atom. The molecule has 5 aromatic rings. The fourth-order valence-electron chi connectivity index (χ4n) is 6.52. The van der Waals surface area contributed by atoms with E-state index in [4.69, 9.17) is 14.2 Å². The highest BCUT2D eigenvalue weighted by Crippen LogP contribution is 2.38. The summed E-state index contributed by atoms with van der Waals surface area (Å²) in [5.41, 5.74) is 5.16. The third-order valence-corrected chi connectivity index (χ3v) is 9.46. The van der Waals surface area contributed by atoms with Gasteiger partial charge in [0.05, 0.1) is 24.9 Å². The van der Waals surface area contributed by atoms with Crippen LogP contribution < -0.4 is 20.2 Å². The Bertz CT molecular complexity index is 1840. The van der Waals surface area contributed by atoms with Gasteiger partial charge in [0.25, 0.3) is 0 Å². The molecular formula is C37H43N7O4. The van der Waals surface area contributed by atoms with Crippen LogP contribution in [0.2, 0.25) is 0 Å². The number of rotatable bonds is 11. The molecule has 0 saturated carbocycles. The molecule has 2 fully saturated rings. The van der Waals surface area contributed by atoms with Gasteiger partial charge in [-0.3, -0.25) is 4.68 Å². The van der Waals surface area contributed by atoms with Crippen molar-refractivity contribution in [3.05, 3.63) is 119 Å². The summed E-state index contributed by atoms with van der Waals surface area (Å²) in [7, 11) is 0. The van der Waals surface area contributed by atoms with E-state index >= 15 is 0 Å². The number of nitrogens with zero attached hydrogens (tertiary/aromatic N) is 7. The summed E-state index contributed by atoms with van der Waals surface area (Å²) in [4.78, 5) is 17.6. The number of hydrogen-bond acceptors (Lipinski definition) is 8. The van der Waals surface area contributed by atoms with Gasteiger partial charge < -0.3 is 24.0 Å². The van der Waals surface area contributed by atoms with Crippen LogP contribution in [0.1, 0.15) is 37.4 Å². The SMILES string of the molecule is CCC(C)n1ncn(-c2ccc(N3CCN(c4ccc(OC[C@@H]5CO[C@@](Cn6cccn6)(c6ccccc6C)O5)cc4)CC3)cc2)c1=O. The first-order valence-corrected chi connectivity index (χ1v) is 16.8. The predicted octanol–water partition coefficient (Wildman–Crippen LogP) is 5.18. The zero-order valence-corrected chi connectivity index (χ0v) is 27.8. The van der Waals surface area contributed by atoms with E-state index in [1.54, 1.807) is 21.8 Å². The van der Waals surface area contributed by atoms with Crippen LogP contribution in [0.5, 0.6) is 5.75 Å². The number of hydrogen-bond donors (Lipinski definition) is 0. The highest BCUT2D eigenvalue weighted by molar-refractivity contribution is 5.54. The normalized spacial score (nSPS) is 20.3. The highest BCUT2D eigenvalue weighted by Gasteiger charge is 2.45. The van der Waals surface area contributed by atoms with Gasteiger partial charge in [-0.2, -0.15) is 10.2 Å². The van der Waals surface area contributed by atoms with E-state index < -0.39 is 5.79 Å². The lowest BCUT2D eigenvalue weighted by molar-refractivity contribution is -0.191. The van der Waals surface area contributed by atoms with Gasteiger partial charge in [0.2, 0.25) is 5.79 Å². The maximum absolute atomic E-state index is 12.8. The van der Waals surface area contributed by atoms with Crippen molar-refractivity contribution in [1.82, 2.24) is 24.1 Å². The average Bonchev–Trinajstić information content (AvgIpc) is 3.89. The minimum absolute atomic E-state index is 0.0733. The molecule has 2 aliphatic rings. The van der Waals surface area contributed by atoms with Crippen molar-refractivity contribution in [3.8, 4) is 11.4 Å². The van der Waals surface area contributed by atoms with Crippen molar-refractivity contribution < 1.29 is 14.2 Å². The summed E-state index contributed by atoms with van der Waals surface area (Å²) in [5.74, 6) is -0.119. The molecule has 0 N–H and O–H groups in total. The minimum Gasteiger partial charge on any atom is -0.491 e. The molecule has 2 aliphatic heterocycles. The van der Waals surface area contributed by atoms with Gasteiger partial charge in [0, 0.05) is 55.5 Å².